The van der Waals surface area contributed by atoms with Crippen molar-refractivity contribution in [1.29, 1.82) is 0 Å². The van der Waals surface area contributed by atoms with Gasteiger partial charge in [0.15, 0.2) is 11.6 Å². The van der Waals surface area contributed by atoms with Gasteiger partial charge < -0.3 is 15.5 Å². The van der Waals surface area contributed by atoms with Gasteiger partial charge in [-0.2, -0.15) is 0 Å². The van der Waals surface area contributed by atoms with E-state index < -0.39 is 15.8 Å². The smallest absolute Gasteiger partial charge is 0.240 e. The molecule has 0 aliphatic rings. The number of benzene rings is 1. The quantitative estimate of drug-likeness (QED) is 0.679. The first-order chi connectivity index (χ1) is 9.94. The molecule has 0 radical (unpaired) electrons. The molecule has 0 bridgehead atoms. The number of nitrogens with one attached hydrogen (secondary N) is 2. The van der Waals surface area contributed by atoms with Crippen molar-refractivity contribution in [2.24, 2.45) is 0 Å². The monoisotopic (exact) mass is 314 g/mol. The number of hydrogen-bond acceptors (Lipinski definition) is 5. The van der Waals surface area contributed by atoms with Crippen LogP contribution in [-0.2, 0) is 16.4 Å². The Morgan fingerprint density at radius 1 is 1.48 bits per heavy atom. The Hall–Kier alpha value is -2.13. The van der Waals surface area contributed by atoms with Gasteiger partial charge in [0.05, 0.1) is 24.0 Å². The highest BCUT2D eigenvalue weighted by molar-refractivity contribution is 7.89. The first-order valence-corrected chi connectivity index (χ1v) is 7.52. The minimum absolute atomic E-state index is 0.0774. The Labute approximate surface area is 121 Å². The van der Waals surface area contributed by atoms with Crippen LogP contribution >= 0.6 is 0 Å². The van der Waals surface area contributed by atoms with Crippen molar-refractivity contribution in [3.8, 4) is 5.75 Å². The second-order valence-electron chi connectivity index (χ2n) is 4.25. The largest absolute Gasteiger partial charge is 0.492 e. The summed E-state index contributed by atoms with van der Waals surface area (Å²) in [5, 5.41) is 0. The maximum Gasteiger partial charge on any atom is 0.240 e. The fourth-order valence-electron chi connectivity index (χ4n) is 1.78. The first kappa shape index (κ1) is 15.3. The molecule has 7 nitrogen and oxygen atoms in total. The summed E-state index contributed by atoms with van der Waals surface area (Å²) in [7, 11) is -2.59. The molecule has 0 aliphatic heterocycles. The molecule has 0 aliphatic carbocycles. The molecular weight excluding hydrogens is 299 g/mol. The molecule has 0 saturated carbocycles. The number of nitrogens with two attached hydrogens (primary N) is 1. The van der Waals surface area contributed by atoms with Crippen molar-refractivity contribution in [3.63, 3.8) is 0 Å². The number of hydrogen-bond donors (Lipinski definition) is 3. The number of H-pyrrole nitrogens is 1. The summed E-state index contributed by atoms with van der Waals surface area (Å²) in [5.41, 5.74) is 6.28. The standard InChI is InChI=1S/C12H15FN4O3S/c1-20-12-10(13)4-9(5-11(12)14)21(18,19)17-3-2-8-6-15-7-16-8/h4-7,17H,2-3,14H2,1H3,(H,15,16). The Balaban J connectivity index is 2.12. The maximum atomic E-state index is 13.7. The number of aromatic nitrogens is 2. The Morgan fingerprint density at radius 2 is 2.24 bits per heavy atom. The number of anilines is 1. The molecule has 0 amide bonds. The SMILES string of the molecule is COc1c(N)cc(S(=O)(=O)NCCc2cnc[nH]2)cc1F. The van der Waals surface area contributed by atoms with Gasteiger partial charge in [-0.3, -0.25) is 0 Å². The van der Waals surface area contributed by atoms with Crippen LogP contribution in [0.2, 0.25) is 0 Å². The highest BCUT2D eigenvalue weighted by Crippen LogP contribution is 2.28. The van der Waals surface area contributed by atoms with Crippen LogP contribution < -0.4 is 15.2 Å². The van der Waals surface area contributed by atoms with Crippen LogP contribution in [0, 0.1) is 5.82 Å². The zero-order chi connectivity index (χ0) is 15.5. The molecule has 0 spiro atoms. The van der Waals surface area contributed by atoms with Crippen molar-refractivity contribution < 1.29 is 17.5 Å². The average molecular weight is 314 g/mol. The molecule has 1 heterocycles. The number of sulfonamides is 1. The minimum atomic E-state index is -3.84. The summed E-state index contributed by atoms with van der Waals surface area (Å²) < 4.78 is 44.9. The summed E-state index contributed by atoms with van der Waals surface area (Å²) in [5.74, 6) is -1.00. The predicted octanol–water partition coefficient (Wildman–Crippen LogP) is 0.661. The number of nitrogen functional groups attached to an aromatic ring is 1. The van der Waals surface area contributed by atoms with Crippen molar-refractivity contribution in [2.45, 2.75) is 11.3 Å². The molecule has 0 saturated heterocycles. The van der Waals surface area contributed by atoms with Crippen LogP contribution in [-0.4, -0.2) is 32.0 Å². The van der Waals surface area contributed by atoms with Gasteiger partial charge in [0, 0.05) is 24.9 Å². The molecule has 4 N–H and O–H groups in total. The Bertz CT molecular complexity index is 693. The topological polar surface area (TPSA) is 110 Å². The molecule has 1 aromatic heterocycles. The number of aromatic amines is 1. The van der Waals surface area contributed by atoms with Crippen molar-refractivity contribution in [3.05, 3.63) is 36.2 Å². The van der Waals surface area contributed by atoms with E-state index in [1.54, 1.807) is 6.20 Å². The van der Waals surface area contributed by atoms with Gasteiger partial charge in [0.2, 0.25) is 10.0 Å². The molecule has 1 aromatic carbocycles. The lowest BCUT2D eigenvalue weighted by atomic mass is 10.3. The van der Waals surface area contributed by atoms with Gasteiger partial charge in [0.1, 0.15) is 0 Å². The molecule has 114 valence electrons. The third-order valence-electron chi connectivity index (χ3n) is 2.80. The minimum Gasteiger partial charge on any atom is -0.492 e. The predicted molar refractivity (Wildman–Crippen MR) is 74.8 cm³/mol. The molecule has 9 heteroatoms. The molecule has 2 rings (SSSR count). The number of ether oxygens (including phenoxy) is 1. The second kappa shape index (κ2) is 6.10. The van der Waals surface area contributed by atoms with Crippen LogP contribution in [0.5, 0.6) is 5.75 Å². The van der Waals surface area contributed by atoms with Gasteiger partial charge in [-0.15, -0.1) is 0 Å². The average Bonchev–Trinajstić information content (AvgIpc) is 2.91. The fourth-order valence-corrected chi connectivity index (χ4v) is 2.86. The second-order valence-corrected chi connectivity index (χ2v) is 6.02. The van der Waals surface area contributed by atoms with E-state index in [2.05, 4.69) is 14.7 Å². The maximum absolute atomic E-state index is 13.7. The fraction of sp³-hybridized carbons (Fsp3) is 0.250. The zero-order valence-electron chi connectivity index (χ0n) is 11.3. The van der Waals surface area contributed by atoms with Crippen molar-refractivity contribution in [1.82, 2.24) is 14.7 Å². The van der Waals surface area contributed by atoms with E-state index in [4.69, 9.17) is 10.5 Å². The van der Waals surface area contributed by atoms with Crippen molar-refractivity contribution >= 4 is 15.7 Å². The lowest BCUT2D eigenvalue weighted by Gasteiger charge is -2.10. The molecule has 21 heavy (non-hydrogen) atoms. The van der Waals surface area contributed by atoms with E-state index in [1.807, 2.05) is 0 Å². The van der Waals surface area contributed by atoms with Gasteiger partial charge in [-0.05, 0) is 12.1 Å². The van der Waals surface area contributed by atoms with E-state index in [0.29, 0.717) is 6.42 Å². The molecule has 0 fully saturated rings. The lowest BCUT2D eigenvalue weighted by Crippen LogP contribution is -2.26. The normalized spacial score (nSPS) is 11.5. The molecular formula is C12H15FN4O3S. The number of imidazole rings is 1. The van der Waals surface area contributed by atoms with Crippen LogP contribution in [0.4, 0.5) is 10.1 Å². The lowest BCUT2D eigenvalue weighted by molar-refractivity contribution is 0.388. The van der Waals surface area contributed by atoms with Gasteiger partial charge in [-0.25, -0.2) is 22.5 Å². The summed E-state index contributed by atoms with van der Waals surface area (Å²) in [6.45, 7) is 0.151. The van der Waals surface area contributed by atoms with Crippen LogP contribution in [0.3, 0.4) is 0 Å². The van der Waals surface area contributed by atoms with Crippen LogP contribution in [0.1, 0.15) is 5.69 Å². The molecule has 2 aromatic rings. The van der Waals surface area contributed by atoms with E-state index in [9.17, 15) is 12.8 Å². The highest BCUT2D eigenvalue weighted by atomic mass is 32.2. The summed E-state index contributed by atoms with van der Waals surface area (Å²) >= 11 is 0. The van der Waals surface area contributed by atoms with Gasteiger partial charge >= 0.3 is 0 Å². The van der Waals surface area contributed by atoms with Crippen LogP contribution in [0.25, 0.3) is 0 Å². The van der Waals surface area contributed by atoms with Gasteiger partial charge in [-0.1, -0.05) is 0 Å². The number of nitrogens with zero attached hydrogens (tertiary/aromatic N) is 1. The number of methoxy groups -OCH3 is 1. The summed E-state index contributed by atoms with van der Waals surface area (Å²) in [6.07, 6.45) is 3.54. The Kier molecular flexibility index (Phi) is 4.43. The Morgan fingerprint density at radius 3 is 2.81 bits per heavy atom. The highest BCUT2D eigenvalue weighted by Gasteiger charge is 2.18. The first-order valence-electron chi connectivity index (χ1n) is 6.04. The molecule has 0 unspecified atom stereocenters. The summed E-state index contributed by atoms with van der Waals surface area (Å²) in [4.78, 5) is 6.43. The van der Waals surface area contributed by atoms with Crippen LogP contribution in [0.15, 0.2) is 29.6 Å². The van der Waals surface area contributed by atoms with E-state index in [0.717, 1.165) is 17.8 Å². The third-order valence-corrected chi connectivity index (χ3v) is 4.24. The van der Waals surface area contributed by atoms with E-state index >= 15 is 0 Å². The third kappa shape index (κ3) is 3.50. The van der Waals surface area contributed by atoms with Crippen molar-refractivity contribution in [2.75, 3.05) is 19.4 Å². The summed E-state index contributed by atoms with van der Waals surface area (Å²) in [6, 6.07) is 2.02. The zero-order valence-corrected chi connectivity index (χ0v) is 12.1. The van der Waals surface area contributed by atoms with E-state index in [1.165, 1.54) is 13.4 Å². The number of halogens is 1. The van der Waals surface area contributed by atoms with Gasteiger partial charge in [0.25, 0.3) is 0 Å². The molecule has 0 atom stereocenters. The number of rotatable bonds is 6. The van der Waals surface area contributed by atoms with E-state index in [-0.39, 0.29) is 22.9 Å².